The molecule has 164 valence electrons. The Bertz CT molecular complexity index is 1020. The minimum absolute atomic E-state index is 0.588. The van der Waals surface area contributed by atoms with E-state index in [-0.39, 0.29) is 0 Å². The van der Waals surface area contributed by atoms with Crippen LogP contribution in [-0.2, 0) is 13.0 Å². The van der Waals surface area contributed by atoms with Crippen molar-refractivity contribution < 1.29 is 4.74 Å². The minimum atomic E-state index is 0.588. The van der Waals surface area contributed by atoms with Gasteiger partial charge in [-0.15, -0.1) is 10.2 Å². The highest BCUT2D eigenvalue weighted by atomic mass is 16.5. The molecule has 2 aromatic heterocycles. The highest BCUT2D eigenvalue weighted by Gasteiger charge is 2.22. The zero-order valence-corrected chi connectivity index (χ0v) is 18.5. The van der Waals surface area contributed by atoms with E-state index in [1.807, 2.05) is 28.8 Å². The number of hydrogen-bond acceptors (Lipinski definition) is 4. The van der Waals surface area contributed by atoms with E-state index in [1.54, 1.807) is 0 Å². The lowest BCUT2D eigenvalue weighted by Crippen LogP contribution is -2.37. The van der Waals surface area contributed by atoms with Gasteiger partial charge in [-0.05, 0) is 62.8 Å². The van der Waals surface area contributed by atoms with Crippen molar-refractivity contribution in [1.82, 2.24) is 25.2 Å². The second-order valence-electron chi connectivity index (χ2n) is 8.14. The van der Waals surface area contributed by atoms with Crippen molar-refractivity contribution in [2.24, 2.45) is 10.9 Å². The van der Waals surface area contributed by atoms with Crippen LogP contribution in [0.4, 0.5) is 0 Å². The Hall–Kier alpha value is -3.09. The zero-order chi connectivity index (χ0) is 21.5. The number of nitrogens with one attached hydrogen (secondary N) is 2. The van der Waals surface area contributed by atoms with Crippen LogP contribution >= 0.6 is 0 Å². The molecule has 1 aliphatic carbocycles. The standard InChI is InChI=1S/C24H32N6O/c1-3-25-24(26-13-6-8-23-29-28-22-7-4-5-14-30(22)23)27-16-20-12-9-18(2)15-21(20)31-17-19-10-11-19/h4-5,7,9,12,14-15,19H,3,6,8,10-11,13,16-17H2,1-2H3,(H2,25,26,27). The quantitative estimate of drug-likeness (QED) is 0.298. The monoisotopic (exact) mass is 420 g/mol. The Labute approximate surface area is 183 Å². The predicted octanol–water partition coefficient (Wildman–Crippen LogP) is 3.51. The van der Waals surface area contributed by atoms with Crippen molar-refractivity contribution in [2.75, 3.05) is 19.7 Å². The molecule has 0 unspecified atom stereocenters. The highest BCUT2D eigenvalue weighted by molar-refractivity contribution is 5.79. The Morgan fingerprint density at radius 3 is 2.94 bits per heavy atom. The third-order valence-corrected chi connectivity index (χ3v) is 5.40. The maximum absolute atomic E-state index is 6.08. The van der Waals surface area contributed by atoms with Gasteiger partial charge in [-0.2, -0.15) is 0 Å². The van der Waals surface area contributed by atoms with Gasteiger partial charge >= 0.3 is 0 Å². The van der Waals surface area contributed by atoms with Crippen LogP contribution in [0.15, 0.2) is 47.6 Å². The van der Waals surface area contributed by atoms with Crippen molar-refractivity contribution in [3.63, 3.8) is 0 Å². The maximum Gasteiger partial charge on any atom is 0.191 e. The summed E-state index contributed by atoms with van der Waals surface area (Å²) in [5.41, 5.74) is 3.22. The molecular formula is C24H32N6O. The topological polar surface area (TPSA) is 75.8 Å². The molecule has 7 nitrogen and oxygen atoms in total. The SMILES string of the molecule is CCNC(=NCc1ccc(C)cc1OCC1CC1)NCCCc1nnc2ccccn12. The fourth-order valence-corrected chi connectivity index (χ4v) is 3.44. The fraction of sp³-hybridized carbons (Fsp3) is 0.458. The molecule has 0 spiro atoms. The van der Waals surface area contributed by atoms with Crippen molar-refractivity contribution in [3.8, 4) is 5.75 Å². The number of aryl methyl sites for hydroxylation is 2. The number of aliphatic imine (C=N–C) groups is 1. The fourth-order valence-electron chi connectivity index (χ4n) is 3.44. The number of pyridine rings is 1. The lowest BCUT2D eigenvalue weighted by Gasteiger charge is -2.13. The average molecular weight is 421 g/mol. The summed E-state index contributed by atoms with van der Waals surface area (Å²) in [6.45, 7) is 7.21. The van der Waals surface area contributed by atoms with E-state index >= 15 is 0 Å². The zero-order valence-electron chi connectivity index (χ0n) is 18.5. The van der Waals surface area contributed by atoms with Crippen molar-refractivity contribution in [3.05, 3.63) is 59.5 Å². The van der Waals surface area contributed by atoms with E-state index < -0.39 is 0 Å². The molecule has 0 radical (unpaired) electrons. The molecular weight excluding hydrogens is 388 g/mol. The summed E-state index contributed by atoms with van der Waals surface area (Å²) in [6, 6.07) is 12.3. The van der Waals surface area contributed by atoms with Crippen molar-refractivity contribution >= 4 is 11.6 Å². The first kappa shape index (κ1) is 21.2. The maximum atomic E-state index is 6.08. The molecule has 3 aromatic rings. The van der Waals surface area contributed by atoms with Crippen LogP contribution in [0.5, 0.6) is 5.75 Å². The minimum Gasteiger partial charge on any atom is -0.493 e. The first-order valence-corrected chi connectivity index (χ1v) is 11.3. The van der Waals surface area contributed by atoms with Crippen LogP contribution < -0.4 is 15.4 Å². The summed E-state index contributed by atoms with van der Waals surface area (Å²) in [5.74, 6) is 3.50. The number of guanidine groups is 1. The first-order valence-electron chi connectivity index (χ1n) is 11.3. The van der Waals surface area contributed by atoms with E-state index in [9.17, 15) is 0 Å². The van der Waals surface area contributed by atoms with Gasteiger partial charge in [0.05, 0.1) is 13.2 Å². The summed E-state index contributed by atoms with van der Waals surface area (Å²) in [7, 11) is 0. The molecule has 1 aliphatic rings. The number of aromatic nitrogens is 3. The molecule has 0 aliphatic heterocycles. The molecule has 1 saturated carbocycles. The van der Waals surface area contributed by atoms with Crippen LogP contribution in [0, 0.1) is 12.8 Å². The number of rotatable bonds is 10. The van der Waals surface area contributed by atoms with Crippen LogP contribution in [0.2, 0.25) is 0 Å². The lowest BCUT2D eigenvalue weighted by atomic mass is 10.1. The third-order valence-electron chi connectivity index (χ3n) is 5.40. The molecule has 31 heavy (non-hydrogen) atoms. The average Bonchev–Trinajstić information content (AvgIpc) is 3.53. The molecule has 0 atom stereocenters. The molecule has 0 saturated heterocycles. The molecule has 2 heterocycles. The van der Waals surface area contributed by atoms with Gasteiger partial charge in [0.1, 0.15) is 11.6 Å². The molecule has 0 amide bonds. The van der Waals surface area contributed by atoms with E-state index in [2.05, 4.69) is 52.9 Å². The van der Waals surface area contributed by atoms with Gasteiger partial charge in [0.15, 0.2) is 11.6 Å². The van der Waals surface area contributed by atoms with Gasteiger partial charge in [-0.1, -0.05) is 18.2 Å². The van der Waals surface area contributed by atoms with Crippen molar-refractivity contribution in [1.29, 1.82) is 0 Å². The van der Waals surface area contributed by atoms with Crippen LogP contribution in [0.1, 0.15) is 43.1 Å². The van der Waals surface area contributed by atoms with E-state index in [0.717, 1.165) is 67.2 Å². The molecule has 7 heteroatoms. The molecule has 4 rings (SSSR count). The Morgan fingerprint density at radius 1 is 1.19 bits per heavy atom. The molecule has 0 bridgehead atoms. The largest absolute Gasteiger partial charge is 0.493 e. The Morgan fingerprint density at radius 2 is 2.10 bits per heavy atom. The Balaban J connectivity index is 1.31. The van der Waals surface area contributed by atoms with E-state index in [1.165, 1.54) is 18.4 Å². The number of ether oxygens (including phenoxy) is 1. The van der Waals surface area contributed by atoms with Gasteiger partial charge < -0.3 is 15.4 Å². The highest BCUT2D eigenvalue weighted by Crippen LogP contribution is 2.30. The van der Waals surface area contributed by atoms with Gasteiger partial charge in [0.2, 0.25) is 0 Å². The number of fused-ring (bicyclic) bond motifs is 1. The first-order chi connectivity index (χ1) is 15.2. The van der Waals surface area contributed by atoms with Crippen molar-refractivity contribution in [2.45, 2.75) is 46.1 Å². The molecule has 1 aromatic carbocycles. The summed E-state index contributed by atoms with van der Waals surface area (Å²) < 4.78 is 8.13. The van der Waals surface area contributed by atoms with Crippen LogP contribution in [0.3, 0.4) is 0 Å². The van der Waals surface area contributed by atoms with Gasteiger partial charge in [0.25, 0.3) is 0 Å². The van der Waals surface area contributed by atoms with E-state index in [4.69, 9.17) is 9.73 Å². The smallest absolute Gasteiger partial charge is 0.191 e. The summed E-state index contributed by atoms with van der Waals surface area (Å²) in [4.78, 5) is 4.78. The number of nitrogens with zero attached hydrogens (tertiary/aromatic N) is 4. The lowest BCUT2D eigenvalue weighted by molar-refractivity contribution is 0.296. The van der Waals surface area contributed by atoms with Gasteiger partial charge in [0, 0.05) is 31.3 Å². The molecule has 1 fully saturated rings. The molecule has 2 N–H and O–H groups in total. The second kappa shape index (κ2) is 10.3. The van der Waals surface area contributed by atoms with Gasteiger partial charge in [-0.25, -0.2) is 4.99 Å². The predicted molar refractivity (Wildman–Crippen MR) is 124 cm³/mol. The second-order valence-corrected chi connectivity index (χ2v) is 8.14. The summed E-state index contributed by atoms with van der Waals surface area (Å²) >= 11 is 0. The van der Waals surface area contributed by atoms with Gasteiger partial charge in [-0.3, -0.25) is 4.40 Å². The number of benzene rings is 1. The van der Waals surface area contributed by atoms with E-state index in [0.29, 0.717) is 6.54 Å². The summed E-state index contributed by atoms with van der Waals surface area (Å²) in [6.07, 6.45) is 6.39. The normalized spacial score (nSPS) is 14.1. The van der Waals surface area contributed by atoms with Crippen LogP contribution in [-0.4, -0.2) is 40.3 Å². The number of hydrogen-bond donors (Lipinski definition) is 2. The third kappa shape index (κ3) is 5.96. The van der Waals surface area contributed by atoms with Crippen LogP contribution in [0.25, 0.3) is 5.65 Å². The summed E-state index contributed by atoms with van der Waals surface area (Å²) in [5, 5.41) is 15.3. The Kier molecular flexibility index (Phi) is 7.02.